The maximum Gasteiger partial charge on any atom is 0.246 e. The lowest BCUT2D eigenvalue weighted by Crippen LogP contribution is -2.58. The van der Waals surface area contributed by atoms with Crippen molar-refractivity contribution in [2.45, 2.75) is 216 Å². The number of nitrogens with zero attached hydrogens (tertiary/aromatic N) is 5. The highest BCUT2D eigenvalue weighted by atomic mass is 16.5. The smallest absolute Gasteiger partial charge is 0.246 e. The van der Waals surface area contributed by atoms with Gasteiger partial charge in [0.15, 0.2) is 11.6 Å². The van der Waals surface area contributed by atoms with E-state index in [1.54, 1.807) is 28.6 Å². The summed E-state index contributed by atoms with van der Waals surface area (Å²) in [6, 6.07) is 34.2. The number of unbranched alkanes of at least 4 members (excludes halogenated alkanes) is 1. The van der Waals surface area contributed by atoms with Gasteiger partial charge in [0.25, 0.3) is 0 Å². The van der Waals surface area contributed by atoms with Gasteiger partial charge in [0, 0.05) is 76.2 Å². The number of rotatable bonds is 43. The summed E-state index contributed by atoms with van der Waals surface area (Å²) in [5, 5.41) is 27.5. The highest BCUT2D eigenvalue weighted by molar-refractivity contribution is 5.97. The van der Waals surface area contributed by atoms with Gasteiger partial charge in [0.2, 0.25) is 29.5 Å². The molecule has 0 saturated carbocycles. The molecule has 4 aromatic carbocycles. The molecule has 0 bridgehead atoms. The van der Waals surface area contributed by atoms with E-state index in [0.29, 0.717) is 167 Å². The summed E-state index contributed by atoms with van der Waals surface area (Å²) in [6.45, 7) is 8.28. The number of aromatic nitrogens is 3. The molecule has 22 nitrogen and oxygen atoms in total. The zero-order valence-corrected chi connectivity index (χ0v) is 59.8. The highest BCUT2D eigenvalue weighted by Gasteiger charge is 2.50. The summed E-state index contributed by atoms with van der Waals surface area (Å²) in [4.78, 5) is 117. The Morgan fingerprint density at radius 2 is 1.06 bits per heavy atom. The first-order chi connectivity index (χ1) is 49.3. The van der Waals surface area contributed by atoms with Crippen LogP contribution in [-0.2, 0) is 72.1 Å². The lowest BCUT2D eigenvalue weighted by molar-refractivity contribution is -0.144. The average Bonchev–Trinajstić information content (AvgIpc) is 1.65. The van der Waals surface area contributed by atoms with Crippen molar-refractivity contribution in [3.05, 3.63) is 155 Å². The number of amides is 5. The highest BCUT2D eigenvalue weighted by Crippen LogP contribution is 2.39. The Morgan fingerprint density at radius 3 is 1.62 bits per heavy atom. The largest absolute Gasteiger partial charge is 0.379 e. The van der Waals surface area contributed by atoms with E-state index in [1.165, 1.54) is 0 Å². The van der Waals surface area contributed by atoms with E-state index in [9.17, 15) is 38.4 Å². The molecule has 1 aromatic heterocycles. The first-order valence-electron chi connectivity index (χ1n) is 37.3. The van der Waals surface area contributed by atoms with Crippen molar-refractivity contribution in [1.82, 2.24) is 56.7 Å². The number of benzene rings is 4. The van der Waals surface area contributed by atoms with Crippen molar-refractivity contribution in [1.29, 1.82) is 0 Å². The lowest BCUT2D eigenvalue weighted by Gasteiger charge is -2.33. The number of nitrogens with one attached hydrogen (secondary N) is 6. The van der Waals surface area contributed by atoms with Crippen LogP contribution in [0.2, 0.25) is 0 Å². The third-order valence-electron chi connectivity index (χ3n) is 21.0. The zero-order valence-electron chi connectivity index (χ0n) is 59.8. The van der Waals surface area contributed by atoms with Gasteiger partial charge in [-0.15, -0.1) is 5.10 Å². The molecular weight excluding hydrogens is 1280 g/mol. The van der Waals surface area contributed by atoms with E-state index in [2.05, 4.69) is 54.3 Å². The number of ketones is 3. The Bertz CT molecular complexity index is 3350. The molecule has 0 spiro atoms. The van der Waals surface area contributed by atoms with Crippen LogP contribution >= 0.6 is 0 Å². The Balaban J connectivity index is 0.644. The van der Waals surface area contributed by atoms with E-state index in [-0.39, 0.29) is 102 Å². The molecule has 4 fully saturated rings. The van der Waals surface area contributed by atoms with Crippen molar-refractivity contribution < 1.29 is 52.6 Å². The fourth-order valence-electron chi connectivity index (χ4n) is 15.3. The molecule has 9 rings (SSSR count). The standard InChI is InChI=1S/C79H109N11O11/c1-5-66(80-3)75(94)84-73-59(31-35-62-37-41-68(89(62)78(73)97)71(93)52-65(56-24-13-8-14-25-56)57-26-15-9-16-27-57)33-39-64(91)40-34-61-54-88(87-86-61)45-21-47-100-49-51-101-50-48-99-46-20-19-30-70(92)72(58-28-17-10-18-29-58)83-77(96)69-42-38-63-36-32-60(43-44-82-53-55-22-11-7-12-23-55)74(79(98)90(63)69)85-76(95)67(6-2)81-4/h7-18,22-29,54,59-60,62-63,65-69,72-74,80-82H,5-6,19-21,30-53H2,1-4H3,(H,83,96)(H,84,94)(H,85,95)/t59-,60-,62+,63+,66+,67+,68+,69+,72+,73+,74+/m1/s1. The Labute approximate surface area is 596 Å². The van der Waals surface area contributed by atoms with E-state index in [0.717, 1.165) is 23.1 Å². The molecule has 0 unspecified atom stereocenters. The number of fused-ring (bicyclic) bond motifs is 2. The first-order valence-corrected chi connectivity index (χ1v) is 37.3. The van der Waals surface area contributed by atoms with Gasteiger partial charge in [-0.1, -0.05) is 140 Å². The number of Topliss-reactive ketones (excluding diaryl/α,β-unsaturated/α-hetero) is 3. The van der Waals surface area contributed by atoms with E-state index in [1.807, 2.05) is 129 Å². The number of hydrogen-bond donors (Lipinski definition) is 6. The second-order valence-corrected chi connectivity index (χ2v) is 27.6. The van der Waals surface area contributed by atoms with Crippen LogP contribution in [0.3, 0.4) is 0 Å². The minimum absolute atomic E-state index is 0.0159. The van der Waals surface area contributed by atoms with Crippen molar-refractivity contribution in [3.63, 3.8) is 0 Å². The van der Waals surface area contributed by atoms with Crippen LogP contribution in [0.25, 0.3) is 0 Å². The van der Waals surface area contributed by atoms with Gasteiger partial charge in [-0.2, -0.15) is 0 Å². The van der Waals surface area contributed by atoms with Gasteiger partial charge in [0.05, 0.1) is 50.2 Å². The third-order valence-corrected chi connectivity index (χ3v) is 21.0. The predicted octanol–water partition coefficient (Wildman–Crippen LogP) is 8.07. The maximum atomic E-state index is 14.9. The number of aryl methyl sites for hydroxylation is 2. The summed E-state index contributed by atoms with van der Waals surface area (Å²) >= 11 is 0. The van der Waals surface area contributed by atoms with Gasteiger partial charge in [-0.25, -0.2) is 0 Å². The average molecular weight is 1390 g/mol. The van der Waals surface area contributed by atoms with Crippen molar-refractivity contribution in [3.8, 4) is 0 Å². The number of carbonyl (C=O) groups excluding carboxylic acids is 8. The quantitative estimate of drug-likeness (QED) is 0.0201. The van der Waals surface area contributed by atoms with Gasteiger partial charge in [-0.05, 0) is 157 Å². The molecular formula is C79H109N11O11. The minimum Gasteiger partial charge on any atom is -0.379 e. The van der Waals surface area contributed by atoms with Crippen molar-refractivity contribution in [2.75, 3.05) is 60.3 Å². The summed E-state index contributed by atoms with van der Waals surface area (Å²) in [5.41, 5.74) is 4.63. The third kappa shape index (κ3) is 22.3. The van der Waals surface area contributed by atoms with Crippen LogP contribution < -0.4 is 31.9 Å². The van der Waals surface area contributed by atoms with Gasteiger partial charge in [0.1, 0.15) is 30.0 Å². The fraction of sp³-hybridized carbons (Fsp3) is 0.570. The second kappa shape index (κ2) is 40.7. The Kier molecular flexibility index (Phi) is 31.1. The molecule has 0 radical (unpaired) electrons. The molecule has 11 atom stereocenters. The first kappa shape index (κ1) is 77.3. The topological polar surface area (TPSA) is 274 Å². The Morgan fingerprint density at radius 1 is 0.554 bits per heavy atom. The summed E-state index contributed by atoms with van der Waals surface area (Å²) < 4.78 is 19.1. The second-order valence-electron chi connectivity index (χ2n) is 27.6. The summed E-state index contributed by atoms with van der Waals surface area (Å²) in [7, 11) is 3.46. The maximum absolute atomic E-state index is 14.9. The van der Waals surface area contributed by atoms with Gasteiger partial charge >= 0.3 is 0 Å². The van der Waals surface area contributed by atoms with Crippen LogP contribution in [-0.4, -0.2) is 180 Å². The predicted molar refractivity (Wildman–Crippen MR) is 386 cm³/mol. The molecule has 101 heavy (non-hydrogen) atoms. The fourth-order valence-corrected chi connectivity index (χ4v) is 15.3. The van der Waals surface area contributed by atoms with Crippen LogP contribution in [0.15, 0.2) is 128 Å². The van der Waals surface area contributed by atoms with E-state index >= 15 is 0 Å². The number of hydrogen-bond acceptors (Lipinski definition) is 16. The zero-order chi connectivity index (χ0) is 71.3. The summed E-state index contributed by atoms with van der Waals surface area (Å²) in [6.07, 6.45) is 12.5. The monoisotopic (exact) mass is 1390 g/mol. The van der Waals surface area contributed by atoms with E-state index in [4.69, 9.17) is 14.2 Å². The van der Waals surface area contributed by atoms with Crippen molar-refractivity contribution >= 4 is 46.9 Å². The van der Waals surface area contributed by atoms with Crippen LogP contribution in [0.5, 0.6) is 0 Å². The van der Waals surface area contributed by atoms with Crippen LogP contribution in [0.1, 0.15) is 176 Å². The minimum atomic E-state index is -0.894. The molecule has 0 aliphatic carbocycles. The lowest BCUT2D eigenvalue weighted by atomic mass is 9.85. The normalized spacial score (nSPS) is 21.4. The molecule has 4 aliphatic rings. The van der Waals surface area contributed by atoms with Crippen LogP contribution in [0, 0.1) is 11.8 Å². The number of carbonyl (C=O) groups is 8. The molecule has 5 amide bonds. The van der Waals surface area contributed by atoms with Gasteiger partial charge < -0.3 is 55.9 Å². The molecule has 6 N–H and O–H groups in total. The molecule has 5 heterocycles. The van der Waals surface area contributed by atoms with E-state index < -0.39 is 42.3 Å². The molecule has 22 heteroatoms. The Hall–Kier alpha value is -7.86. The molecule has 5 aromatic rings. The van der Waals surface area contributed by atoms with Crippen LogP contribution in [0.4, 0.5) is 0 Å². The number of likely N-dealkylation sites (N-methyl/N-ethyl adjacent to an activating group) is 2. The van der Waals surface area contributed by atoms with Crippen molar-refractivity contribution in [2.24, 2.45) is 11.8 Å². The van der Waals surface area contributed by atoms with Gasteiger partial charge in [-0.3, -0.25) is 43.0 Å². The molecule has 4 saturated heterocycles. The molecule has 4 aliphatic heterocycles. The number of ether oxygens (including phenoxy) is 3. The summed E-state index contributed by atoms with van der Waals surface area (Å²) in [5.74, 6) is -1.99. The molecule has 546 valence electrons. The SMILES string of the molecule is CC[C@H](NC)C(=O)N[C@@H]1C(=O)N2[C@@H](CC[C@@H]1CCC(=O)CCc1cn(CCCOCCOCCOCCCCC(=O)[C@@H](NC(=O)[C@@H]3CC[C@@H]4CC[C@H](CCNCc5ccccc5)[C@H](NC(=O)[C@H](CC)NC)C(=O)N43)c3ccccc3)nn1)CC[C@H]2C(=O)CC(c1ccccc1)c1ccccc1.